The van der Waals surface area contributed by atoms with Crippen molar-refractivity contribution in [1.82, 2.24) is 24.4 Å². The molecule has 0 spiro atoms. The third-order valence-corrected chi connectivity index (χ3v) is 5.32. The molecule has 7 nitrogen and oxygen atoms in total. The molecule has 24 heavy (non-hydrogen) atoms. The predicted molar refractivity (Wildman–Crippen MR) is 93.1 cm³/mol. The van der Waals surface area contributed by atoms with Gasteiger partial charge in [-0.05, 0) is 52.2 Å². The number of imidazole rings is 1. The Morgan fingerprint density at radius 2 is 2.00 bits per heavy atom. The first-order valence-corrected chi connectivity index (χ1v) is 8.95. The van der Waals surface area contributed by atoms with Crippen LogP contribution in [-0.2, 0) is 4.74 Å². The van der Waals surface area contributed by atoms with E-state index >= 15 is 0 Å². The van der Waals surface area contributed by atoms with E-state index in [-0.39, 0.29) is 6.23 Å². The molecule has 7 heteroatoms. The van der Waals surface area contributed by atoms with E-state index in [1.165, 1.54) is 6.42 Å². The third kappa shape index (κ3) is 2.98. The van der Waals surface area contributed by atoms with Gasteiger partial charge >= 0.3 is 0 Å². The second-order valence-electron chi connectivity index (χ2n) is 7.00. The molecule has 0 radical (unpaired) electrons. The monoisotopic (exact) mass is 330 g/mol. The lowest BCUT2D eigenvalue weighted by Gasteiger charge is -2.35. The van der Waals surface area contributed by atoms with Crippen molar-refractivity contribution in [3.63, 3.8) is 0 Å². The average Bonchev–Trinajstić information content (AvgIpc) is 3.05. The molecule has 0 aliphatic carbocycles. The highest BCUT2D eigenvalue weighted by molar-refractivity contribution is 5.71. The average molecular weight is 330 g/mol. The van der Waals surface area contributed by atoms with Crippen LogP contribution in [0.3, 0.4) is 0 Å². The summed E-state index contributed by atoms with van der Waals surface area (Å²) in [5.41, 5.74) is 1.72. The van der Waals surface area contributed by atoms with Gasteiger partial charge in [-0.15, -0.1) is 0 Å². The Morgan fingerprint density at radius 3 is 2.75 bits per heavy atom. The normalized spacial score (nSPS) is 23.7. The van der Waals surface area contributed by atoms with Crippen molar-refractivity contribution < 1.29 is 4.74 Å². The lowest BCUT2D eigenvalue weighted by molar-refractivity contribution is -0.0298. The molecular weight excluding hydrogens is 304 g/mol. The van der Waals surface area contributed by atoms with Crippen LogP contribution in [-0.4, -0.2) is 64.3 Å². The standard InChI is InChI=1S/C17H26N6O/c1-21-8-6-13(7-9-21)22(2)17-18-11-14-16(20-17)23(12-19-14)15-5-3-4-10-24-15/h11-13,15H,3-10H2,1-2H3. The molecular formula is C17H26N6O. The molecule has 0 bridgehead atoms. The van der Waals surface area contributed by atoms with Crippen molar-refractivity contribution >= 4 is 17.1 Å². The molecule has 0 amide bonds. The van der Waals surface area contributed by atoms with Gasteiger partial charge in [-0.3, -0.25) is 4.57 Å². The SMILES string of the molecule is CN1CCC(N(C)c2ncc3ncn(C4CCCCO4)c3n2)CC1. The number of piperidine rings is 1. The summed E-state index contributed by atoms with van der Waals surface area (Å²) in [4.78, 5) is 18.4. The highest BCUT2D eigenvalue weighted by atomic mass is 16.5. The molecule has 2 fully saturated rings. The minimum Gasteiger partial charge on any atom is -0.358 e. The fraction of sp³-hybridized carbons (Fsp3) is 0.706. The van der Waals surface area contributed by atoms with E-state index < -0.39 is 0 Å². The van der Waals surface area contributed by atoms with Gasteiger partial charge in [0.05, 0.1) is 12.5 Å². The highest BCUT2D eigenvalue weighted by Gasteiger charge is 2.24. The van der Waals surface area contributed by atoms with Crippen molar-refractivity contribution in [3.05, 3.63) is 12.5 Å². The first kappa shape index (κ1) is 15.8. The number of hydrogen-bond acceptors (Lipinski definition) is 6. The van der Waals surface area contributed by atoms with Crippen LogP contribution in [0, 0.1) is 0 Å². The van der Waals surface area contributed by atoms with Gasteiger partial charge in [0.1, 0.15) is 11.7 Å². The number of fused-ring (bicyclic) bond motifs is 1. The summed E-state index contributed by atoms with van der Waals surface area (Å²) >= 11 is 0. The lowest BCUT2D eigenvalue weighted by atomic mass is 10.0. The summed E-state index contributed by atoms with van der Waals surface area (Å²) in [6.45, 7) is 3.08. The molecule has 1 unspecified atom stereocenters. The van der Waals surface area contributed by atoms with E-state index in [0.717, 1.165) is 62.5 Å². The summed E-state index contributed by atoms with van der Waals surface area (Å²) in [6.07, 6.45) is 9.39. The Labute approximate surface area is 142 Å². The molecule has 4 rings (SSSR count). The molecule has 0 saturated carbocycles. The van der Waals surface area contributed by atoms with Crippen LogP contribution in [0.2, 0.25) is 0 Å². The Bertz CT molecular complexity index is 687. The third-order valence-electron chi connectivity index (χ3n) is 5.32. The van der Waals surface area contributed by atoms with Gasteiger partial charge in [0.15, 0.2) is 5.65 Å². The van der Waals surface area contributed by atoms with E-state index in [4.69, 9.17) is 9.72 Å². The number of likely N-dealkylation sites (tertiary alicyclic amines) is 1. The van der Waals surface area contributed by atoms with Crippen LogP contribution < -0.4 is 4.90 Å². The van der Waals surface area contributed by atoms with E-state index in [9.17, 15) is 0 Å². The maximum absolute atomic E-state index is 5.90. The van der Waals surface area contributed by atoms with Gasteiger partial charge < -0.3 is 14.5 Å². The zero-order chi connectivity index (χ0) is 16.5. The Hall–Kier alpha value is -1.73. The first-order chi connectivity index (χ1) is 11.7. The van der Waals surface area contributed by atoms with E-state index in [2.05, 4.69) is 38.4 Å². The number of aromatic nitrogens is 4. The molecule has 2 aliphatic heterocycles. The Morgan fingerprint density at radius 1 is 1.17 bits per heavy atom. The van der Waals surface area contributed by atoms with Crippen LogP contribution in [0.4, 0.5) is 5.95 Å². The lowest BCUT2D eigenvalue weighted by Crippen LogP contribution is -2.42. The molecule has 2 aromatic heterocycles. The molecule has 0 N–H and O–H groups in total. The van der Waals surface area contributed by atoms with Crippen LogP contribution >= 0.6 is 0 Å². The number of nitrogens with zero attached hydrogens (tertiary/aromatic N) is 6. The second kappa shape index (κ2) is 6.64. The van der Waals surface area contributed by atoms with Gasteiger partial charge in [0.2, 0.25) is 5.95 Å². The minimum absolute atomic E-state index is 0.0557. The number of hydrogen-bond donors (Lipinski definition) is 0. The van der Waals surface area contributed by atoms with Gasteiger partial charge in [-0.1, -0.05) is 0 Å². The van der Waals surface area contributed by atoms with Crippen molar-refractivity contribution in [2.45, 2.75) is 44.4 Å². The van der Waals surface area contributed by atoms with Crippen molar-refractivity contribution in [2.75, 3.05) is 38.7 Å². The predicted octanol–water partition coefficient (Wildman–Crippen LogP) is 2.06. The van der Waals surface area contributed by atoms with Crippen LogP contribution in [0.25, 0.3) is 11.2 Å². The molecule has 2 aromatic rings. The fourth-order valence-electron chi connectivity index (χ4n) is 3.69. The second-order valence-corrected chi connectivity index (χ2v) is 7.00. The minimum atomic E-state index is 0.0557. The number of rotatable bonds is 3. The first-order valence-electron chi connectivity index (χ1n) is 8.95. The number of ether oxygens (including phenoxy) is 1. The van der Waals surface area contributed by atoms with Crippen LogP contribution in [0.1, 0.15) is 38.3 Å². The molecule has 1 atom stereocenters. The maximum atomic E-state index is 5.90. The Balaban J connectivity index is 1.59. The van der Waals surface area contributed by atoms with Crippen molar-refractivity contribution in [3.8, 4) is 0 Å². The van der Waals surface area contributed by atoms with Gasteiger partial charge in [-0.25, -0.2) is 9.97 Å². The van der Waals surface area contributed by atoms with Gasteiger partial charge in [0, 0.05) is 19.7 Å². The molecule has 4 heterocycles. The van der Waals surface area contributed by atoms with E-state index in [1.807, 2.05) is 12.5 Å². The quantitative estimate of drug-likeness (QED) is 0.858. The van der Waals surface area contributed by atoms with Gasteiger partial charge in [0.25, 0.3) is 0 Å². The summed E-state index contributed by atoms with van der Waals surface area (Å²) in [5.74, 6) is 0.787. The largest absolute Gasteiger partial charge is 0.358 e. The molecule has 130 valence electrons. The maximum Gasteiger partial charge on any atom is 0.227 e. The van der Waals surface area contributed by atoms with Crippen LogP contribution in [0.5, 0.6) is 0 Å². The summed E-state index contributed by atoms with van der Waals surface area (Å²) in [7, 11) is 4.29. The smallest absolute Gasteiger partial charge is 0.227 e. The van der Waals surface area contributed by atoms with E-state index in [1.54, 1.807) is 0 Å². The summed E-state index contributed by atoms with van der Waals surface area (Å²) in [5, 5.41) is 0. The van der Waals surface area contributed by atoms with Crippen molar-refractivity contribution in [2.24, 2.45) is 0 Å². The molecule has 2 saturated heterocycles. The number of anilines is 1. The zero-order valence-electron chi connectivity index (χ0n) is 14.6. The zero-order valence-corrected chi connectivity index (χ0v) is 14.6. The highest BCUT2D eigenvalue weighted by Crippen LogP contribution is 2.26. The Kier molecular flexibility index (Phi) is 4.37. The molecule has 2 aliphatic rings. The fourth-order valence-corrected chi connectivity index (χ4v) is 3.69. The van der Waals surface area contributed by atoms with Gasteiger partial charge in [-0.2, -0.15) is 4.98 Å². The van der Waals surface area contributed by atoms with Crippen LogP contribution in [0.15, 0.2) is 12.5 Å². The van der Waals surface area contributed by atoms with Crippen molar-refractivity contribution in [1.29, 1.82) is 0 Å². The topological polar surface area (TPSA) is 59.3 Å². The molecule has 0 aromatic carbocycles. The van der Waals surface area contributed by atoms with E-state index in [0.29, 0.717) is 6.04 Å². The summed E-state index contributed by atoms with van der Waals surface area (Å²) < 4.78 is 7.97. The summed E-state index contributed by atoms with van der Waals surface area (Å²) in [6, 6.07) is 0.501.